The minimum atomic E-state index is -0.573. The minimum Gasteiger partial charge on any atom is -0.490 e. The number of hydrogen-bond donors (Lipinski definition) is 1. The molecule has 18 heavy (non-hydrogen) atoms. The van der Waals surface area contributed by atoms with Crippen LogP contribution in [0.4, 0.5) is 4.79 Å². The van der Waals surface area contributed by atoms with E-state index in [0.717, 1.165) is 11.3 Å². The SMILES string of the molecule is CCOC(=O)N/N=C/c1ccccc1OC(C)C. The molecule has 0 fully saturated rings. The number of hydrazone groups is 1. The van der Waals surface area contributed by atoms with Gasteiger partial charge in [0.05, 0.1) is 18.9 Å². The maximum Gasteiger partial charge on any atom is 0.427 e. The van der Waals surface area contributed by atoms with E-state index in [4.69, 9.17) is 4.74 Å². The maximum absolute atomic E-state index is 11.0. The summed E-state index contributed by atoms with van der Waals surface area (Å²) in [4.78, 5) is 11.0. The number of ether oxygens (including phenoxy) is 2. The summed E-state index contributed by atoms with van der Waals surface area (Å²) in [6.45, 7) is 5.94. The number of para-hydroxylation sites is 1. The zero-order valence-electron chi connectivity index (χ0n) is 10.8. The molecule has 1 aromatic rings. The third-order valence-corrected chi connectivity index (χ3v) is 1.92. The first-order chi connectivity index (χ1) is 8.63. The van der Waals surface area contributed by atoms with Gasteiger partial charge in [-0.1, -0.05) is 12.1 Å². The zero-order chi connectivity index (χ0) is 13.4. The summed E-state index contributed by atoms with van der Waals surface area (Å²) in [5.41, 5.74) is 3.06. The standard InChI is InChI=1S/C13H18N2O3/c1-4-17-13(16)15-14-9-11-7-5-6-8-12(11)18-10(2)3/h5-10H,4H2,1-3H3,(H,15,16)/b14-9+. The average Bonchev–Trinajstić information content (AvgIpc) is 2.31. The number of nitrogens with one attached hydrogen (secondary N) is 1. The van der Waals surface area contributed by atoms with Gasteiger partial charge in [0.2, 0.25) is 0 Å². The Kier molecular flexibility index (Phi) is 5.70. The van der Waals surface area contributed by atoms with Crippen molar-refractivity contribution in [3.05, 3.63) is 29.8 Å². The molecule has 0 unspecified atom stereocenters. The fourth-order valence-electron chi connectivity index (χ4n) is 1.27. The van der Waals surface area contributed by atoms with Gasteiger partial charge in [0, 0.05) is 5.56 Å². The van der Waals surface area contributed by atoms with Gasteiger partial charge in [0.25, 0.3) is 0 Å². The molecule has 1 aromatic carbocycles. The van der Waals surface area contributed by atoms with Crippen molar-refractivity contribution in [1.82, 2.24) is 5.43 Å². The Morgan fingerprint density at radius 2 is 2.17 bits per heavy atom. The van der Waals surface area contributed by atoms with E-state index >= 15 is 0 Å². The van der Waals surface area contributed by atoms with Crippen molar-refractivity contribution in [3.63, 3.8) is 0 Å². The zero-order valence-corrected chi connectivity index (χ0v) is 10.8. The predicted molar refractivity (Wildman–Crippen MR) is 70.0 cm³/mol. The van der Waals surface area contributed by atoms with Crippen molar-refractivity contribution in [2.75, 3.05) is 6.61 Å². The van der Waals surface area contributed by atoms with Crippen LogP contribution >= 0.6 is 0 Å². The molecule has 0 aliphatic heterocycles. The van der Waals surface area contributed by atoms with Crippen LogP contribution in [0.15, 0.2) is 29.4 Å². The molecule has 0 aromatic heterocycles. The molecule has 1 rings (SSSR count). The molecule has 0 aliphatic carbocycles. The lowest BCUT2D eigenvalue weighted by Crippen LogP contribution is -2.18. The van der Waals surface area contributed by atoms with Crippen LogP contribution < -0.4 is 10.2 Å². The van der Waals surface area contributed by atoms with E-state index in [9.17, 15) is 4.79 Å². The third kappa shape index (κ3) is 4.86. The summed E-state index contributed by atoms with van der Waals surface area (Å²) in [5.74, 6) is 0.724. The van der Waals surface area contributed by atoms with Crippen molar-refractivity contribution in [1.29, 1.82) is 0 Å². The van der Waals surface area contributed by atoms with Crippen LogP contribution in [0.5, 0.6) is 5.75 Å². The molecule has 0 saturated carbocycles. The highest BCUT2D eigenvalue weighted by atomic mass is 16.5. The molecule has 0 spiro atoms. The van der Waals surface area contributed by atoms with Crippen molar-refractivity contribution in [2.24, 2.45) is 5.10 Å². The molecule has 0 radical (unpaired) electrons. The Hall–Kier alpha value is -2.04. The largest absolute Gasteiger partial charge is 0.490 e. The van der Waals surface area contributed by atoms with Gasteiger partial charge < -0.3 is 9.47 Å². The number of nitrogens with zero attached hydrogens (tertiary/aromatic N) is 1. The molecule has 1 N–H and O–H groups in total. The Labute approximate surface area is 107 Å². The molecule has 0 aliphatic rings. The Morgan fingerprint density at radius 1 is 1.44 bits per heavy atom. The van der Waals surface area contributed by atoms with Crippen molar-refractivity contribution >= 4 is 12.3 Å². The molecule has 0 bridgehead atoms. The third-order valence-electron chi connectivity index (χ3n) is 1.92. The first-order valence-electron chi connectivity index (χ1n) is 5.85. The smallest absolute Gasteiger partial charge is 0.427 e. The lowest BCUT2D eigenvalue weighted by molar-refractivity contribution is 0.152. The quantitative estimate of drug-likeness (QED) is 0.645. The number of carbonyl (C=O) groups excluding carboxylic acids is 1. The molecule has 1 amide bonds. The van der Waals surface area contributed by atoms with Gasteiger partial charge in [-0.2, -0.15) is 5.10 Å². The van der Waals surface area contributed by atoms with Gasteiger partial charge in [0.15, 0.2) is 0 Å². The second-order valence-corrected chi connectivity index (χ2v) is 3.79. The van der Waals surface area contributed by atoms with Crippen LogP contribution in [0.25, 0.3) is 0 Å². The molecular weight excluding hydrogens is 232 g/mol. The maximum atomic E-state index is 11.0. The summed E-state index contributed by atoms with van der Waals surface area (Å²) < 4.78 is 10.3. The summed E-state index contributed by atoms with van der Waals surface area (Å²) in [7, 11) is 0. The second kappa shape index (κ2) is 7.32. The van der Waals surface area contributed by atoms with E-state index in [-0.39, 0.29) is 6.10 Å². The van der Waals surface area contributed by atoms with E-state index in [1.165, 1.54) is 6.21 Å². The fraction of sp³-hybridized carbons (Fsp3) is 0.385. The average molecular weight is 250 g/mol. The minimum absolute atomic E-state index is 0.0811. The Morgan fingerprint density at radius 3 is 2.83 bits per heavy atom. The van der Waals surface area contributed by atoms with Crippen LogP contribution in [-0.4, -0.2) is 25.0 Å². The normalized spacial score (nSPS) is 10.7. The summed E-state index contributed by atoms with van der Waals surface area (Å²) >= 11 is 0. The van der Waals surface area contributed by atoms with Gasteiger partial charge in [-0.25, -0.2) is 10.2 Å². The molecule has 0 atom stereocenters. The van der Waals surface area contributed by atoms with E-state index in [2.05, 4.69) is 15.3 Å². The van der Waals surface area contributed by atoms with Gasteiger partial charge in [0.1, 0.15) is 5.75 Å². The lowest BCUT2D eigenvalue weighted by atomic mass is 10.2. The lowest BCUT2D eigenvalue weighted by Gasteiger charge is -2.11. The first kappa shape index (κ1) is 14.0. The topological polar surface area (TPSA) is 59.9 Å². The highest BCUT2D eigenvalue weighted by molar-refractivity contribution is 5.84. The van der Waals surface area contributed by atoms with Crippen molar-refractivity contribution < 1.29 is 14.3 Å². The predicted octanol–water partition coefficient (Wildman–Crippen LogP) is 2.55. The Bertz CT molecular complexity index is 416. The van der Waals surface area contributed by atoms with Gasteiger partial charge in [-0.3, -0.25) is 0 Å². The highest BCUT2D eigenvalue weighted by Gasteiger charge is 2.03. The molecule has 0 heterocycles. The summed E-state index contributed by atoms with van der Waals surface area (Å²) in [5, 5.41) is 3.80. The molecule has 5 heteroatoms. The van der Waals surface area contributed by atoms with E-state index in [0.29, 0.717) is 6.61 Å². The molecule has 0 saturated heterocycles. The Balaban J connectivity index is 2.65. The molecular formula is C13H18N2O3. The van der Waals surface area contributed by atoms with Gasteiger partial charge in [-0.05, 0) is 32.9 Å². The second-order valence-electron chi connectivity index (χ2n) is 3.79. The number of carbonyl (C=O) groups is 1. The number of rotatable bonds is 5. The van der Waals surface area contributed by atoms with E-state index in [1.54, 1.807) is 6.92 Å². The van der Waals surface area contributed by atoms with Crippen LogP contribution in [0.2, 0.25) is 0 Å². The highest BCUT2D eigenvalue weighted by Crippen LogP contribution is 2.17. The number of amides is 1. The van der Waals surface area contributed by atoms with Gasteiger partial charge >= 0.3 is 6.09 Å². The van der Waals surface area contributed by atoms with Crippen LogP contribution in [0, 0.1) is 0 Å². The monoisotopic (exact) mass is 250 g/mol. The summed E-state index contributed by atoms with van der Waals surface area (Å²) in [6.07, 6.45) is 1.03. The van der Waals surface area contributed by atoms with Crippen molar-refractivity contribution in [3.8, 4) is 5.75 Å². The summed E-state index contributed by atoms with van der Waals surface area (Å²) in [6, 6.07) is 7.46. The first-order valence-corrected chi connectivity index (χ1v) is 5.85. The van der Waals surface area contributed by atoms with Crippen LogP contribution in [0.3, 0.4) is 0 Å². The van der Waals surface area contributed by atoms with Gasteiger partial charge in [-0.15, -0.1) is 0 Å². The fourth-order valence-corrected chi connectivity index (χ4v) is 1.27. The van der Waals surface area contributed by atoms with Crippen LogP contribution in [0.1, 0.15) is 26.3 Å². The molecule has 98 valence electrons. The molecule has 5 nitrogen and oxygen atoms in total. The van der Waals surface area contributed by atoms with Crippen LogP contribution in [-0.2, 0) is 4.74 Å². The number of benzene rings is 1. The van der Waals surface area contributed by atoms with E-state index < -0.39 is 6.09 Å². The van der Waals surface area contributed by atoms with E-state index in [1.807, 2.05) is 38.1 Å². The van der Waals surface area contributed by atoms with Crippen molar-refractivity contribution in [2.45, 2.75) is 26.9 Å². The number of hydrogen-bond acceptors (Lipinski definition) is 4.